The molecule has 0 bridgehead atoms. The standard InChI is InChI=1S/C25H24N4O2/c1-17(2)19-10-6-11-20(14-19)27-23(30)16-29-24(31)15-22(18-8-4-3-5-9-18)28-21-12-7-13-26-25(21)29/h3-14,17H,15-16H2,1-2H3,(H,27,30). The molecule has 2 amide bonds. The molecule has 0 radical (unpaired) electrons. The van der Waals surface area contributed by atoms with Crippen LogP contribution >= 0.6 is 0 Å². The van der Waals surface area contributed by atoms with Crippen molar-refractivity contribution in [2.45, 2.75) is 26.2 Å². The summed E-state index contributed by atoms with van der Waals surface area (Å²) in [5.74, 6) is 0.248. The summed E-state index contributed by atoms with van der Waals surface area (Å²) in [6, 6.07) is 20.9. The molecule has 1 aliphatic rings. The van der Waals surface area contributed by atoms with Crippen molar-refractivity contribution in [2.75, 3.05) is 16.8 Å². The van der Waals surface area contributed by atoms with Crippen LogP contribution < -0.4 is 10.2 Å². The normalized spacial score (nSPS) is 13.5. The van der Waals surface area contributed by atoms with Crippen molar-refractivity contribution < 1.29 is 9.59 Å². The van der Waals surface area contributed by atoms with E-state index in [1.807, 2.05) is 54.6 Å². The van der Waals surface area contributed by atoms with Crippen LogP contribution in [0.5, 0.6) is 0 Å². The van der Waals surface area contributed by atoms with Crippen molar-refractivity contribution in [3.8, 4) is 0 Å². The quantitative estimate of drug-likeness (QED) is 0.660. The number of carbonyl (C=O) groups excluding carboxylic acids is 2. The Hall–Kier alpha value is -3.80. The minimum Gasteiger partial charge on any atom is -0.325 e. The van der Waals surface area contributed by atoms with Gasteiger partial charge in [0.1, 0.15) is 12.2 Å². The van der Waals surface area contributed by atoms with Gasteiger partial charge in [0.2, 0.25) is 11.8 Å². The summed E-state index contributed by atoms with van der Waals surface area (Å²) < 4.78 is 0. The SMILES string of the molecule is CC(C)c1cccc(NC(=O)CN2C(=O)CC(c3ccccc3)=Nc3cccnc32)c1. The van der Waals surface area contributed by atoms with Crippen molar-refractivity contribution in [1.29, 1.82) is 0 Å². The molecule has 6 heteroatoms. The lowest BCUT2D eigenvalue weighted by Crippen LogP contribution is -2.39. The van der Waals surface area contributed by atoms with Crippen molar-refractivity contribution in [2.24, 2.45) is 4.99 Å². The van der Waals surface area contributed by atoms with Crippen molar-refractivity contribution >= 4 is 34.7 Å². The van der Waals surface area contributed by atoms with E-state index in [2.05, 4.69) is 24.1 Å². The van der Waals surface area contributed by atoms with Gasteiger partial charge in [-0.1, -0.05) is 56.3 Å². The van der Waals surface area contributed by atoms with Crippen LogP contribution in [-0.2, 0) is 9.59 Å². The molecule has 4 rings (SSSR count). The molecule has 2 aromatic carbocycles. The Kier molecular flexibility index (Phi) is 5.89. The Morgan fingerprint density at radius 1 is 1.06 bits per heavy atom. The summed E-state index contributed by atoms with van der Waals surface area (Å²) in [7, 11) is 0. The van der Waals surface area contributed by atoms with Crippen molar-refractivity contribution in [3.05, 3.63) is 84.1 Å². The van der Waals surface area contributed by atoms with Gasteiger partial charge in [0.15, 0.2) is 5.82 Å². The van der Waals surface area contributed by atoms with E-state index in [0.717, 1.165) is 11.1 Å². The number of nitrogens with zero attached hydrogens (tertiary/aromatic N) is 3. The molecule has 0 aliphatic carbocycles. The zero-order valence-electron chi connectivity index (χ0n) is 17.6. The zero-order chi connectivity index (χ0) is 21.8. The smallest absolute Gasteiger partial charge is 0.244 e. The fourth-order valence-corrected chi connectivity index (χ4v) is 3.51. The maximum atomic E-state index is 13.1. The van der Waals surface area contributed by atoms with Crippen LogP contribution in [0.15, 0.2) is 77.9 Å². The molecule has 6 nitrogen and oxygen atoms in total. The number of amides is 2. The lowest BCUT2D eigenvalue weighted by Gasteiger charge is -2.20. The number of anilines is 2. The Balaban J connectivity index is 1.58. The van der Waals surface area contributed by atoms with E-state index in [4.69, 9.17) is 4.99 Å². The molecule has 0 unspecified atom stereocenters. The maximum absolute atomic E-state index is 13.1. The first-order valence-electron chi connectivity index (χ1n) is 10.3. The molecule has 1 aliphatic heterocycles. The number of hydrogen-bond donors (Lipinski definition) is 1. The first kappa shape index (κ1) is 20.5. The van der Waals surface area contributed by atoms with E-state index in [0.29, 0.717) is 28.8 Å². The minimum absolute atomic E-state index is 0.0937. The lowest BCUT2D eigenvalue weighted by atomic mass is 10.0. The predicted molar refractivity (Wildman–Crippen MR) is 123 cm³/mol. The van der Waals surface area contributed by atoms with Gasteiger partial charge in [-0.05, 0) is 41.3 Å². The van der Waals surface area contributed by atoms with Crippen LogP contribution in [0.3, 0.4) is 0 Å². The van der Waals surface area contributed by atoms with Gasteiger partial charge >= 0.3 is 0 Å². The fourth-order valence-electron chi connectivity index (χ4n) is 3.51. The number of pyridine rings is 1. The summed E-state index contributed by atoms with van der Waals surface area (Å²) in [6.07, 6.45) is 1.70. The third-order valence-electron chi connectivity index (χ3n) is 5.14. The van der Waals surface area contributed by atoms with E-state index in [-0.39, 0.29) is 24.8 Å². The monoisotopic (exact) mass is 412 g/mol. The first-order valence-corrected chi connectivity index (χ1v) is 10.3. The Morgan fingerprint density at radius 2 is 1.87 bits per heavy atom. The fraction of sp³-hybridized carbons (Fsp3) is 0.200. The summed E-state index contributed by atoms with van der Waals surface area (Å²) in [5.41, 5.74) is 3.95. The molecule has 3 aromatic rings. The van der Waals surface area contributed by atoms with E-state index in [1.165, 1.54) is 4.90 Å². The largest absolute Gasteiger partial charge is 0.325 e. The number of rotatable bonds is 5. The van der Waals surface area contributed by atoms with Crippen LogP contribution in [0, 0.1) is 0 Å². The highest BCUT2D eigenvalue weighted by Gasteiger charge is 2.27. The zero-order valence-corrected chi connectivity index (χ0v) is 17.6. The molecule has 0 saturated carbocycles. The second kappa shape index (κ2) is 8.92. The molecule has 31 heavy (non-hydrogen) atoms. The first-order chi connectivity index (χ1) is 15.0. The number of aliphatic imine (C=N–C) groups is 1. The van der Waals surface area contributed by atoms with E-state index in [9.17, 15) is 9.59 Å². The third kappa shape index (κ3) is 4.69. The Labute approximate surface area is 181 Å². The molecule has 1 aromatic heterocycles. The molecule has 2 heterocycles. The van der Waals surface area contributed by atoms with Gasteiger partial charge in [0.25, 0.3) is 0 Å². The summed E-state index contributed by atoms with van der Waals surface area (Å²) in [6.45, 7) is 4.07. The van der Waals surface area contributed by atoms with Gasteiger partial charge < -0.3 is 5.32 Å². The highest BCUT2D eigenvalue weighted by atomic mass is 16.2. The van der Waals surface area contributed by atoms with Crippen molar-refractivity contribution in [1.82, 2.24) is 4.98 Å². The average molecular weight is 412 g/mol. The number of nitrogens with one attached hydrogen (secondary N) is 1. The molecular weight excluding hydrogens is 388 g/mol. The summed E-state index contributed by atoms with van der Waals surface area (Å²) in [5, 5.41) is 2.90. The van der Waals surface area contributed by atoms with Gasteiger partial charge in [0, 0.05) is 11.9 Å². The topological polar surface area (TPSA) is 74.7 Å². The van der Waals surface area contributed by atoms with Crippen LogP contribution in [0.2, 0.25) is 0 Å². The Morgan fingerprint density at radius 3 is 2.65 bits per heavy atom. The molecule has 1 N–H and O–H groups in total. The molecular formula is C25H24N4O2. The highest BCUT2D eigenvalue weighted by molar-refractivity contribution is 6.18. The predicted octanol–water partition coefficient (Wildman–Crippen LogP) is 4.70. The Bertz CT molecular complexity index is 1140. The van der Waals surface area contributed by atoms with Gasteiger partial charge in [-0.25, -0.2) is 9.98 Å². The third-order valence-corrected chi connectivity index (χ3v) is 5.14. The molecule has 156 valence electrons. The van der Waals surface area contributed by atoms with E-state index < -0.39 is 0 Å². The maximum Gasteiger partial charge on any atom is 0.244 e. The number of benzene rings is 2. The number of fused-ring (bicyclic) bond motifs is 1. The summed E-state index contributed by atoms with van der Waals surface area (Å²) in [4.78, 5) is 36.4. The second-order valence-electron chi connectivity index (χ2n) is 7.76. The van der Waals surface area contributed by atoms with Gasteiger partial charge in [-0.3, -0.25) is 14.5 Å². The number of carbonyl (C=O) groups is 2. The number of aromatic nitrogens is 1. The van der Waals surface area contributed by atoms with Crippen LogP contribution in [-0.4, -0.2) is 29.1 Å². The number of hydrogen-bond acceptors (Lipinski definition) is 4. The lowest BCUT2D eigenvalue weighted by molar-refractivity contribution is -0.120. The summed E-state index contributed by atoms with van der Waals surface area (Å²) >= 11 is 0. The molecule has 0 spiro atoms. The van der Waals surface area contributed by atoms with Crippen LogP contribution in [0.1, 0.15) is 37.3 Å². The molecule has 0 atom stereocenters. The average Bonchev–Trinajstić information content (AvgIpc) is 2.91. The highest BCUT2D eigenvalue weighted by Crippen LogP contribution is 2.30. The minimum atomic E-state index is -0.283. The van der Waals surface area contributed by atoms with Crippen LogP contribution in [0.4, 0.5) is 17.2 Å². The van der Waals surface area contributed by atoms with Gasteiger partial charge in [-0.15, -0.1) is 0 Å². The van der Waals surface area contributed by atoms with Crippen molar-refractivity contribution in [3.63, 3.8) is 0 Å². The van der Waals surface area contributed by atoms with E-state index >= 15 is 0 Å². The molecule has 0 saturated heterocycles. The van der Waals surface area contributed by atoms with E-state index in [1.54, 1.807) is 18.3 Å². The van der Waals surface area contributed by atoms with Gasteiger partial charge in [-0.2, -0.15) is 0 Å². The molecule has 0 fully saturated rings. The van der Waals surface area contributed by atoms with Crippen LogP contribution in [0.25, 0.3) is 0 Å². The van der Waals surface area contributed by atoms with Gasteiger partial charge in [0.05, 0.1) is 12.1 Å². The second-order valence-corrected chi connectivity index (χ2v) is 7.76.